The molecule has 0 saturated carbocycles. The third-order valence-electron chi connectivity index (χ3n) is 4.13. The maximum Gasteiger partial charge on any atom is 0.230 e. The highest BCUT2D eigenvalue weighted by Gasteiger charge is 2.29. The van der Waals surface area contributed by atoms with E-state index in [0.29, 0.717) is 12.5 Å². The van der Waals surface area contributed by atoms with E-state index in [1.807, 2.05) is 13.8 Å². The van der Waals surface area contributed by atoms with Gasteiger partial charge < -0.3 is 10.6 Å². The van der Waals surface area contributed by atoms with Crippen molar-refractivity contribution < 1.29 is 9.18 Å². The molecule has 1 aromatic rings. The van der Waals surface area contributed by atoms with E-state index in [2.05, 4.69) is 10.6 Å². The minimum Gasteiger partial charge on any atom is -0.355 e. The van der Waals surface area contributed by atoms with Crippen LogP contribution in [-0.4, -0.2) is 25.5 Å². The Hall–Kier alpha value is -1.13. The second kappa shape index (κ2) is 7.76. The first-order chi connectivity index (χ1) is 9.50. The Bertz CT molecular complexity index is 456. The Labute approximate surface area is 132 Å². The molecule has 5 heteroatoms. The van der Waals surface area contributed by atoms with Gasteiger partial charge in [0.15, 0.2) is 0 Å². The van der Waals surface area contributed by atoms with E-state index in [1.54, 1.807) is 12.1 Å². The summed E-state index contributed by atoms with van der Waals surface area (Å²) in [6, 6.07) is 6.15. The lowest BCUT2D eigenvalue weighted by Crippen LogP contribution is -2.40. The normalized spacial score (nSPS) is 18.1. The highest BCUT2D eigenvalue weighted by molar-refractivity contribution is 5.87. The first-order valence-electron chi connectivity index (χ1n) is 7.25. The van der Waals surface area contributed by atoms with E-state index >= 15 is 0 Å². The van der Waals surface area contributed by atoms with E-state index in [9.17, 15) is 9.18 Å². The average molecular weight is 315 g/mol. The Balaban J connectivity index is 0.00000220. The number of benzene rings is 1. The summed E-state index contributed by atoms with van der Waals surface area (Å²) in [4.78, 5) is 12.3. The van der Waals surface area contributed by atoms with Crippen molar-refractivity contribution in [3.8, 4) is 0 Å². The number of hydrogen-bond donors (Lipinski definition) is 2. The SMILES string of the molecule is CC(C)(C(=O)NCCC1CCNC1)c1ccc(F)cc1.Cl. The number of carbonyl (C=O) groups is 1. The zero-order valence-electron chi connectivity index (χ0n) is 12.6. The van der Waals surface area contributed by atoms with E-state index in [0.717, 1.165) is 25.1 Å². The summed E-state index contributed by atoms with van der Waals surface area (Å²) in [7, 11) is 0. The zero-order chi connectivity index (χ0) is 14.6. The molecule has 1 saturated heterocycles. The maximum absolute atomic E-state index is 12.9. The van der Waals surface area contributed by atoms with Gasteiger partial charge in [-0.25, -0.2) is 4.39 Å². The molecule has 1 heterocycles. The third-order valence-corrected chi connectivity index (χ3v) is 4.13. The van der Waals surface area contributed by atoms with Gasteiger partial charge in [-0.2, -0.15) is 0 Å². The molecule has 2 rings (SSSR count). The molecule has 118 valence electrons. The van der Waals surface area contributed by atoms with Gasteiger partial charge in [0.05, 0.1) is 5.41 Å². The number of hydrogen-bond acceptors (Lipinski definition) is 2. The van der Waals surface area contributed by atoms with Crippen molar-refractivity contribution in [1.82, 2.24) is 10.6 Å². The Morgan fingerprint density at radius 1 is 1.38 bits per heavy atom. The van der Waals surface area contributed by atoms with Gasteiger partial charge in [-0.1, -0.05) is 12.1 Å². The molecule has 1 aliphatic heterocycles. The van der Waals surface area contributed by atoms with Gasteiger partial charge in [0.2, 0.25) is 5.91 Å². The minimum absolute atomic E-state index is 0. The van der Waals surface area contributed by atoms with Gasteiger partial charge >= 0.3 is 0 Å². The highest BCUT2D eigenvalue weighted by atomic mass is 35.5. The molecule has 0 aromatic heterocycles. The van der Waals surface area contributed by atoms with Crippen molar-refractivity contribution in [2.75, 3.05) is 19.6 Å². The lowest BCUT2D eigenvalue weighted by Gasteiger charge is -2.24. The summed E-state index contributed by atoms with van der Waals surface area (Å²) in [6.45, 7) is 6.58. The van der Waals surface area contributed by atoms with Gasteiger partial charge in [0, 0.05) is 6.54 Å². The second-order valence-electron chi connectivity index (χ2n) is 6.04. The van der Waals surface area contributed by atoms with Crippen molar-refractivity contribution in [2.45, 2.75) is 32.1 Å². The van der Waals surface area contributed by atoms with Gasteiger partial charge in [0.1, 0.15) is 5.82 Å². The predicted octanol–water partition coefficient (Wildman–Crippen LogP) is 2.64. The van der Waals surface area contributed by atoms with Crippen LogP contribution in [-0.2, 0) is 10.2 Å². The number of nitrogens with one attached hydrogen (secondary N) is 2. The van der Waals surface area contributed by atoms with E-state index in [4.69, 9.17) is 0 Å². The standard InChI is InChI=1S/C16H23FN2O.ClH/c1-16(2,13-3-5-14(17)6-4-13)15(20)19-10-8-12-7-9-18-11-12;/h3-6,12,18H,7-11H2,1-2H3,(H,19,20);1H. The van der Waals surface area contributed by atoms with Crippen molar-refractivity contribution in [3.05, 3.63) is 35.6 Å². The minimum atomic E-state index is -0.637. The second-order valence-corrected chi connectivity index (χ2v) is 6.04. The quantitative estimate of drug-likeness (QED) is 0.877. The van der Waals surface area contributed by atoms with Crippen LogP contribution in [0.15, 0.2) is 24.3 Å². The number of halogens is 2. The average Bonchev–Trinajstić information content (AvgIpc) is 2.92. The van der Waals surface area contributed by atoms with Crippen molar-refractivity contribution in [1.29, 1.82) is 0 Å². The van der Waals surface area contributed by atoms with Crippen LogP contribution < -0.4 is 10.6 Å². The van der Waals surface area contributed by atoms with Gasteiger partial charge in [-0.05, 0) is 63.4 Å². The van der Waals surface area contributed by atoms with Crippen LogP contribution in [0.2, 0.25) is 0 Å². The molecule has 1 aromatic carbocycles. The molecule has 0 spiro atoms. The van der Waals surface area contributed by atoms with Crippen molar-refractivity contribution in [3.63, 3.8) is 0 Å². The fourth-order valence-electron chi connectivity index (χ4n) is 2.57. The van der Waals surface area contributed by atoms with E-state index in [-0.39, 0.29) is 24.1 Å². The topological polar surface area (TPSA) is 41.1 Å². The molecule has 0 aliphatic carbocycles. The Morgan fingerprint density at radius 2 is 2.05 bits per heavy atom. The van der Waals surface area contributed by atoms with Crippen LogP contribution in [0, 0.1) is 11.7 Å². The summed E-state index contributed by atoms with van der Waals surface area (Å²) in [5.74, 6) is 0.387. The monoisotopic (exact) mass is 314 g/mol. The van der Waals surface area contributed by atoms with Crippen LogP contribution in [0.4, 0.5) is 4.39 Å². The summed E-state index contributed by atoms with van der Waals surface area (Å²) >= 11 is 0. The molecule has 1 amide bonds. The van der Waals surface area contributed by atoms with Gasteiger partial charge in [-0.15, -0.1) is 12.4 Å². The Morgan fingerprint density at radius 3 is 2.62 bits per heavy atom. The molecule has 1 fully saturated rings. The number of amides is 1. The first-order valence-corrected chi connectivity index (χ1v) is 7.25. The van der Waals surface area contributed by atoms with E-state index < -0.39 is 5.41 Å². The number of carbonyl (C=O) groups excluding carboxylic acids is 1. The Kier molecular flexibility index (Phi) is 6.62. The van der Waals surface area contributed by atoms with Crippen LogP contribution in [0.3, 0.4) is 0 Å². The molecule has 0 bridgehead atoms. The molecule has 0 radical (unpaired) electrons. The molecule has 21 heavy (non-hydrogen) atoms. The molecule has 1 atom stereocenters. The molecule has 1 unspecified atom stereocenters. The predicted molar refractivity (Wildman–Crippen MR) is 85.3 cm³/mol. The van der Waals surface area contributed by atoms with Crippen molar-refractivity contribution in [2.24, 2.45) is 5.92 Å². The zero-order valence-corrected chi connectivity index (χ0v) is 13.4. The lowest BCUT2D eigenvalue weighted by atomic mass is 9.83. The lowest BCUT2D eigenvalue weighted by molar-refractivity contribution is -0.125. The fourth-order valence-corrected chi connectivity index (χ4v) is 2.57. The van der Waals surface area contributed by atoms with Crippen LogP contribution in [0.1, 0.15) is 32.3 Å². The molecule has 3 nitrogen and oxygen atoms in total. The smallest absolute Gasteiger partial charge is 0.230 e. The molecular weight excluding hydrogens is 291 g/mol. The molecular formula is C16H24ClFN2O. The van der Waals surface area contributed by atoms with Gasteiger partial charge in [-0.3, -0.25) is 4.79 Å². The first kappa shape index (κ1) is 17.9. The van der Waals surface area contributed by atoms with E-state index in [1.165, 1.54) is 18.6 Å². The largest absolute Gasteiger partial charge is 0.355 e. The fraction of sp³-hybridized carbons (Fsp3) is 0.562. The summed E-state index contributed by atoms with van der Waals surface area (Å²) in [5, 5.41) is 6.33. The highest BCUT2D eigenvalue weighted by Crippen LogP contribution is 2.23. The maximum atomic E-state index is 12.9. The van der Waals surface area contributed by atoms with Gasteiger partial charge in [0.25, 0.3) is 0 Å². The molecule has 1 aliphatic rings. The number of rotatable bonds is 5. The third kappa shape index (κ3) is 4.68. The molecule has 2 N–H and O–H groups in total. The van der Waals surface area contributed by atoms with Crippen LogP contribution in [0.5, 0.6) is 0 Å². The summed E-state index contributed by atoms with van der Waals surface area (Å²) in [5.41, 5.74) is 0.195. The van der Waals surface area contributed by atoms with Crippen molar-refractivity contribution >= 4 is 18.3 Å². The van der Waals surface area contributed by atoms with Crippen LogP contribution >= 0.6 is 12.4 Å². The van der Waals surface area contributed by atoms with Crippen LogP contribution in [0.25, 0.3) is 0 Å². The summed E-state index contributed by atoms with van der Waals surface area (Å²) in [6.07, 6.45) is 2.20. The summed E-state index contributed by atoms with van der Waals surface area (Å²) < 4.78 is 12.9.